The summed E-state index contributed by atoms with van der Waals surface area (Å²) in [5.74, 6) is 1.05. The van der Waals surface area contributed by atoms with E-state index in [0.29, 0.717) is 22.2 Å². The molecule has 0 aliphatic heterocycles. The van der Waals surface area contributed by atoms with Crippen molar-refractivity contribution in [3.05, 3.63) is 29.0 Å². The van der Waals surface area contributed by atoms with Crippen LogP contribution in [0.15, 0.2) is 18.2 Å². The highest BCUT2D eigenvalue weighted by Crippen LogP contribution is 2.42. The van der Waals surface area contributed by atoms with Crippen molar-refractivity contribution in [2.24, 2.45) is 5.73 Å². The van der Waals surface area contributed by atoms with E-state index in [0.717, 1.165) is 18.2 Å². The minimum absolute atomic E-state index is 0.387. The number of para-hydroxylation sites is 1. The van der Waals surface area contributed by atoms with Crippen LogP contribution in [0.25, 0.3) is 10.9 Å². The first-order valence-electron chi connectivity index (χ1n) is 5.11. The summed E-state index contributed by atoms with van der Waals surface area (Å²) in [5.41, 5.74) is 12.2. The molecule has 1 aliphatic rings. The second-order valence-corrected chi connectivity index (χ2v) is 4.63. The fraction of sp³-hybridized carbons (Fsp3) is 0.273. The molecule has 0 saturated heterocycles. The summed E-state index contributed by atoms with van der Waals surface area (Å²) in [6.07, 6.45) is 1.81. The Hall–Kier alpha value is -1.39. The van der Waals surface area contributed by atoms with Crippen LogP contribution in [0.3, 0.4) is 0 Å². The molecule has 5 heteroatoms. The van der Waals surface area contributed by atoms with Crippen LogP contribution in [0.1, 0.15) is 18.7 Å². The topological polar surface area (TPSA) is 77.8 Å². The molecule has 1 aromatic heterocycles. The van der Waals surface area contributed by atoms with Crippen molar-refractivity contribution in [3.63, 3.8) is 0 Å². The molecule has 0 amide bonds. The Labute approximate surface area is 97.6 Å². The Morgan fingerprint density at radius 1 is 1.25 bits per heavy atom. The summed E-state index contributed by atoms with van der Waals surface area (Å²) in [5, 5.41) is 1.36. The standard InChI is InChI=1S/C11H11ClN4/c12-7-3-1-2-6-8(7)15-10(16-9(6)13)11(14)4-5-11/h1-3H,4-5,14H2,(H2,13,15,16). The fourth-order valence-electron chi connectivity index (χ4n) is 1.72. The number of nitrogens with zero attached hydrogens (tertiary/aromatic N) is 2. The smallest absolute Gasteiger partial charge is 0.151 e. The normalized spacial score (nSPS) is 17.6. The van der Waals surface area contributed by atoms with Crippen LogP contribution in [-0.2, 0) is 5.54 Å². The van der Waals surface area contributed by atoms with E-state index in [4.69, 9.17) is 23.1 Å². The number of nitrogen functional groups attached to an aromatic ring is 1. The zero-order chi connectivity index (χ0) is 11.3. The average molecular weight is 235 g/mol. The lowest BCUT2D eigenvalue weighted by Gasteiger charge is -2.10. The van der Waals surface area contributed by atoms with Crippen molar-refractivity contribution < 1.29 is 0 Å². The van der Waals surface area contributed by atoms with Gasteiger partial charge in [0, 0.05) is 5.39 Å². The van der Waals surface area contributed by atoms with Gasteiger partial charge in [-0.15, -0.1) is 0 Å². The van der Waals surface area contributed by atoms with E-state index in [-0.39, 0.29) is 5.54 Å². The molecule has 3 rings (SSSR count). The second kappa shape index (κ2) is 3.06. The van der Waals surface area contributed by atoms with Gasteiger partial charge in [0.15, 0.2) is 5.82 Å². The molecule has 82 valence electrons. The maximum atomic E-state index is 6.08. The van der Waals surface area contributed by atoms with E-state index in [9.17, 15) is 0 Å². The summed E-state index contributed by atoms with van der Waals surface area (Å²) in [6, 6.07) is 5.48. The van der Waals surface area contributed by atoms with Crippen molar-refractivity contribution in [3.8, 4) is 0 Å². The molecule has 0 spiro atoms. The van der Waals surface area contributed by atoms with Crippen LogP contribution in [0.2, 0.25) is 5.02 Å². The molecular formula is C11H11ClN4. The molecule has 1 aliphatic carbocycles. The van der Waals surface area contributed by atoms with E-state index in [1.807, 2.05) is 12.1 Å². The van der Waals surface area contributed by atoms with Gasteiger partial charge in [0.2, 0.25) is 0 Å². The van der Waals surface area contributed by atoms with Crippen molar-refractivity contribution in [2.75, 3.05) is 5.73 Å². The number of aromatic nitrogens is 2. The third-order valence-corrected chi connectivity index (χ3v) is 3.25. The van der Waals surface area contributed by atoms with Gasteiger partial charge in [-0.3, -0.25) is 0 Å². The van der Waals surface area contributed by atoms with E-state index < -0.39 is 0 Å². The van der Waals surface area contributed by atoms with Crippen LogP contribution < -0.4 is 11.5 Å². The molecule has 0 radical (unpaired) electrons. The molecule has 1 saturated carbocycles. The Balaban J connectivity index is 2.32. The van der Waals surface area contributed by atoms with Gasteiger partial charge in [-0.1, -0.05) is 17.7 Å². The lowest BCUT2D eigenvalue weighted by atomic mass is 10.2. The Bertz CT molecular complexity index is 577. The zero-order valence-electron chi connectivity index (χ0n) is 8.57. The van der Waals surface area contributed by atoms with Gasteiger partial charge in [-0.05, 0) is 25.0 Å². The largest absolute Gasteiger partial charge is 0.383 e. The monoisotopic (exact) mass is 234 g/mol. The van der Waals surface area contributed by atoms with E-state index in [2.05, 4.69) is 9.97 Å². The first-order chi connectivity index (χ1) is 7.60. The zero-order valence-corrected chi connectivity index (χ0v) is 9.33. The van der Waals surface area contributed by atoms with Gasteiger partial charge >= 0.3 is 0 Å². The molecule has 0 atom stereocenters. The third kappa shape index (κ3) is 1.34. The number of benzene rings is 1. The number of halogens is 1. The average Bonchev–Trinajstić information content (AvgIpc) is 2.99. The first-order valence-corrected chi connectivity index (χ1v) is 5.49. The van der Waals surface area contributed by atoms with Gasteiger partial charge in [0.1, 0.15) is 5.82 Å². The van der Waals surface area contributed by atoms with E-state index in [1.54, 1.807) is 6.07 Å². The predicted molar refractivity (Wildman–Crippen MR) is 64.1 cm³/mol. The summed E-state index contributed by atoms with van der Waals surface area (Å²) in [4.78, 5) is 8.68. The lowest BCUT2D eigenvalue weighted by Crippen LogP contribution is -2.22. The fourth-order valence-corrected chi connectivity index (χ4v) is 1.94. The Morgan fingerprint density at radius 2 is 2.00 bits per heavy atom. The van der Waals surface area contributed by atoms with Gasteiger partial charge in [0.05, 0.1) is 16.1 Å². The molecular weight excluding hydrogens is 224 g/mol. The van der Waals surface area contributed by atoms with Crippen LogP contribution in [0.4, 0.5) is 5.82 Å². The Kier molecular flexibility index (Phi) is 1.87. The maximum absolute atomic E-state index is 6.08. The third-order valence-electron chi connectivity index (χ3n) is 2.94. The summed E-state index contributed by atoms with van der Waals surface area (Å²) in [6.45, 7) is 0. The quantitative estimate of drug-likeness (QED) is 0.789. The minimum atomic E-state index is -0.387. The van der Waals surface area contributed by atoms with Crippen molar-refractivity contribution in [2.45, 2.75) is 18.4 Å². The van der Waals surface area contributed by atoms with Crippen LogP contribution in [0, 0.1) is 0 Å². The molecule has 0 bridgehead atoms. The lowest BCUT2D eigenvalue weighted by molar-refractivity contribution is 0.679. The summed E-state index contributed by atoms with van der Waals surface area (Å²) in [7, 11) is 0. The first kappa shape index (κ1) is 9.81. The number of hydrogen-bond acceptors (Lipinski definition) is 4. The highest BCUT2D eigenvalue weighted by molar-refractivity contribution is 6.35. The van der Waals surface area contributed by atoms with E-state index >= 15 is 0 Å². The number of fused-ring (bicyclic) bond motifs is 1. The molecule has 1 aromatic carbocycles. The molecule has 4 nitrogen and oxygen atoms in total. The number of rotatable bonds is 1. The molecule has 2 aromatic rings. The highest BCUT2D eigenvalue weighted by atomic mass is 35.5. The molecule has 16 heavy (non-hydrogen) atoms. The van der Waals surface area contributed by atoms with Crippen LogP contribution in [-0.4, -0.2) is 9.97 Å². The Morgan fingerprint density at radius 3 is 2.69 bits per heavy atom. The predicted octanol–water partition coefficient (Wildman–Crippen LogP) is 1.81. The van der Waals surface area contributed by atoms with Crippen molar-refractivity contribution >= 4 is 28.3 Å². The molecule has 1 fully saturated rings. The summed E-state index contributed by atoms with van der Waals surface area (Å²) < 4.78 is 0. The van der Waals surface area contributed by atoms with Gasteiger partial charge in [0.25, 0.3) is 0 Å². The number of anilines is 1. The van der Waals surface area contributed by atoms with Gasteiger partial charge < -0.3 is 11.5 Å². The van der Waals surface area contributed by atoms with Crippen LogP contribution in [0.5, 0.6) is 0 Å². The maximum Gasteiger partial charge on any atom is 0.151 e. The SMILES string of the molecule is Nc1nc(C2(N)CC2)nc2c(Cl)cccc12. The minimum Gasteiger partial charge on any atom is -0.383 e. The summed E-state index contributed by atoms with van der Waals surface area (Å²) >= 11 is 6.08. The molecule has 4 N–H and O–H groups in total. The van der Waals surface area contributed by atoms with Crippen molar-refractivity contribution in [1.29, 1.82) is 0 Å². The van der Waals surface area contributed by atoms with Gasteiger partial charge in [-0.2, -0.15) is 0 Å². The molecule has 0 unspecified atom stereocenters. The van der Waals surface area contributed by atoms with Gasteiger partial charge in [-0.25, -0.2) is 9.97 Å². The number of hydrogen-bond donors (Lipinski definition) is 2. The highest BCUT2D eigenvalue weighted by Gasteiger charge is 2.43. The van der Waals surface area contributed by atoms with Crippen LogP contribution >= 0.6 is 11.6 Å². The number of nitrogens with two attached hydrogens (primary N) is 2. The molecule has 1 heterocycles. The van der Waals surface area contributed by atoms with E-state index in [1.165, 1.54) is 0 Å². The van der Waals surface area contributed by atoms with Crippen molar-refractivity contribution in [1.82, 2.24) is 9.97 Å². The second-order valence-electron chi connectivity index (χ2n) is 4.22.